The molecule has 0 aromatic heterocycles. The molecule has 1 aromatic rings. The van der Waals surface area contributed by atoms with Crippen molar-refractivity contribution in [1.82, 2.24) is 14.7 Å². The number of nitrogens with zero attached hydrogens (tertiary/aromatic N) is 3. The molecule has 0 spiro atoms. The van der Waals surface area contributed by atoms with Gasteiger partial charge in [-0.05, 0) is 50.7 Å². The van der Waals surface area contributed by atoms with Gasteiger partial charge in [-0.25, -0.2) is 0 Å². The quantitative estimate of drug-likeness (QED) is 0.785. The van der Waals surface area contributed by atoms with Gasteiger partial charge < -0.3 is 9.80 Å². The lowest BCUT2D eigenvalue weighted by Crippen LogP contribution is -2.43. The molecule has 2 aliphatic rings. The van der Waals surface area contributed by atoms with E-state index in [1.807, 2.05) is 11.9 Å². The van der Waals surface area contributed by atoms with Crippen LogP contribution in [-0.2, 0) is 9.59 Å². The molecule has 0 radical (unpaired) electrons. The van der Waals surface area contributed by atoms with Crippen LogP contribution in [0.1, 0.15) is 18.4 Å². The van der Waals surface area contributed by atoms with Crippen LogP contribution in [0.5, 0.6) is 0 Å². The van der Waals surface area contributed by atoms with Crippen molar-refractivity contribution in [3.05, 3.63) is 40.5 Å². The molecule has 1 saturated heterocycles. The number of halogens is 1. The van der Waals surface area contributed by atoms with Crippen molar-refractivity contribution < 1.29 is 9.59 Å². The summed E-state index contributed by atoms with van der Waals surface area (Å²) in [4.78, 5) is 30.8. The van der Waals surface area contributed by atoms with Crippen LogP contribution in [0, 0.1) is 0 Å². The molecule has 0 aliphatic carbocycles. The molecule has 24 heavy (non-hydrogen) atoms. The third-order valence-electron chi connectivity index (χ3n) is 4.98. The zero-order valence-electron chi connectivity index (χ0n) is 14.3. The summed E-state index contributed by atoms with van der Waals surface area (Å²) >= 11 is 5.95. The van der Waals surface area contributed by atoms with Gasteiger partial charge in [-0.15, -0.1) is 0 Å². The molecule has 2 aliphatic heterocycles. The zero-order chi connectivity index (χ0) is 17.4. The summed E-state index contributed by atoms with van der Waals surface area (Å²) in [7, 11) is 5.56. The average Bonchev–Trinajstić information content (AvgIpc) is 2.80. The number of carbonyl (C=O) groups excluding carboxylic acids is 2. The number of hydrogen-bond donors (Lipinski definition) is 0. The Hall–Kier alpha value is -1.85. The Morgan fingerprint density at radius 1 is 1.04 bits per heavy atom. The molecule has 5 nitrogen and oxygen atoms in total. The Kier molecular flexibility index (Phi) is 4.65. The highest BCUT2D eigenvalue weighted by atomic mass is 35.5. The second kappa shape index (κ2) is 6.57. The number of likely N-dealkylation sites (N-methyl/N-ethyl adjacent to an activating group) is 2. The van der Waals surface area contributed by atoms with Gasteiger partial charge in [-0.3, -0.25) is 14.5 Å². The number of piperidine rings is 1. The molecule has 3 rings (SSSR count). The van der Waals surface area contributed by atoms with E-state index < -0.39 is 0 Å². The number of amides is 2. The molecule has 0 N–H and O–H groups in total. The van der Waals surface area contributed by atoms with Gasteiger partial charge >= 0.3 is 0 Å². The molecule has 2 heterocycles. The highest BCUT2D eigenvalue weighted by Gasteiger charge is 2.40. The van der Waals surface area contributed by atoms with E-state index in [1.165, 1.54) is 11.9 Å². The van der Waals surface area contributed by atoms with Gasteiger partial charge in [0.2, 0.25) is 0 Å². The Morgan fingerprint density at radius 2 is 1.62 bits per heavy atom. The molecule has 6 heteroatoms. The van der Waals surface area contributed by atoms with Crippen LogP contribution in [-0.4, -0.2) is 66.8 Å². The first-order chi connectivity index (χ1) is 11.4. The Morgan fingerprint density at radius 3 is 2.21 bits per heavy atom. The minimum atomic E-state index is -0.253. The fraction of sp³-hybridized carbons (Fsp3) is 0.444. The summed E-state index contributed by atoms with van der Waals surface area (Å²) < 4.78 is 0. The molecule has 2 amide bonds. The standard InChI is InChI=1S/C18H22ClN3O2/c1-20-10-8-14(9-11-20)21(2)16-15(17(23)22(3)18(16)24)12-4-6-13(19)7-5-12/h4-7,14H,8-11H2,1-3H3. The van der Waals surface area contributed by atoms with Crippen molar-refractivity contribution in [1.29, 1.82) is 0 Å². The minimum Gasteiger partial charge on any atom is -0.366 e. The number of likely N-dealkylation sites (tertiary alicyclic amines) is 1. The third kappa shape index (κ3) is 2.94. The fourth-order valence-corrected chi connectivity index (χ4v) is 3.52. The lowest BCUT2D eigenvalue weighted by molar-refractivity contribution is -0.136. The Labute approximate surface area is 147 Å². The predicted octanol–water partition coefficient (Wildman–Crippen LogP) is 2.08. The lowest BCUT2D eigenvalue weighted by Gasteiger charge is -2.36. The predicted molar refractivity (Wildman–Crippen MR) is 94.4 cm³/mol. The van der Waals surface area contributed by atoms with Crippen LogP contribution in [0.2, 0.25) is 5.02 Å². The largest absolute Gasteiger partial charge is 0.366 e. The monoisotopic (exact) mass is 347 g/mol. The number of rotatable bonds is 3. The maximum absolute atomic E-state index is 12.7. The summed E-state index contributed by atoms with van der Waals surface area (Å²) in [6.45, 7) is 1.99. The van der Waals surface area contributed by atoms with E-state index in [1.54, 1.807) is 24.3 Å². The molecule has 1 fully saturated rings. The van der Waals surface area contributed by atoms with Gasteiger partial charge in [-0.1, -0.05) is 23.7 Å². The van der Waals surface area contributed by atoms with Crippen LogP contribution in [0.15, 0.2) is 30.0 Å². The molecular formula is C18H22ClN3O2. The zero-order valence-corrected chi connectivity index (χ0v) is 15.0. The molecule has 1 aromatic carbocycles. The molecule has 0 bridgehead atoms. The van der Waals surface area contributed by atoms with Crippen molar-refractivity contribution in [2.75, 3.05) is 34.2 Å². The second-order valence-electron chi connectivity index (χ2n) is 6.55. The average molecular weight is 348 g/mol. The topological polar surface area (TPSA) is 43.9 Å². The first-order valence-corrected chi connectivity index (χ1v) is 8.52. The van der Waals surface area contributed by atoms with E-state index in [9.17, 15) is 9.59 Å². The number of imide groups is 1. The van der Waals surface area contributed by atoms with Crippen LogP contribution < -0.4 is 0 Å². The van der Waals surface area contributed by atoms with Crippen LogP contribution in [0.3, 0.4) is 0 Å². The number of benzene rings is 1. The van der Waals surface area contributed by atoms with Crippen molar-refractivity contribution in [3.63, 3.8) is 0 Å². The van der Waals surface area contributed by atoms with Crippen molar-refractivity contribution in [2.24, 2.45) is 0 Å². The van der Waals surface area contributed by atoms with Crippen molar-refractivity contribution in [2.45, 2.75) is 18.9 Å². The van der Waals surface area contributed by atoms with Gasteiger partial charge in [0.05, 0.1) is 5.57 Å². The van der Waals surface area contributed by atoms with E-state index in [4.69, 9.17) is 11.6 Å². The van der Waals surface area contributed by atoms with Gasteiger partial charge in [0.15, 0.2) is 0 Å². The lowest BCUT2D eigenvalue weighted by atomic mass is 10.0. The summed E-state index contributed by atoms with van der Waals surface area (Å²) in [5.74, 6) is -0.483. The number of carbonyl (C=O) groups is 2. The molecular weight excluding hydrogens is 326 g/mol. The summed E-state index contributed by atoms with van der Waals surface area (Å²) in [5.41, 5.74) is 1.71. The van der Waals surface area contributed by atoms with Crippen LogP contribution >= 0.6 is 11.6 Å². The van der Waals surface area contributed by atoms with Crippen LogP contribution in [0.4, 0.5) is 0 Å². The van der Waals surface area contributed by atoms with Crippen molar-refractivity contribution in [3.8, 4) is 0 Å². The maximum Gasteiger partial charge on any atom is 0.277 e. The minimum absolute atomic E-state index is 0.230. The van der Waals surface area contributed by atoms with E-state index in [2.05, 4.69) is 11.9 Å². The number of hydrogen-bond acceptors (Lipinski definition) is 4. The molecule has 0 unspecified atom stereocenters. The third-order valence-corrected chi connectivity index (χ3v) is 5.24. The van der Waals surface area contributed by atoms with E-state index in [0.29, 0.717) is 16.3 Å². The molecule has 128 valence electrons. The molecule has 0 saturated carbocycles. The fourth-order valence-electron chi connectivity index (χ4n) is 3.40. The summed E-state index contributed by atoms with van der Waals surface area (Å²) in [6.07, 6.45) is 1.96. The highest BCUT2D eigenvalue weighted by molar-refractivity contribution is 6.35. The first-order valence-electron chi connectivity index (χ1n) is 8.14. The second-order valence-corrected chi connectivity index (χ2v) is 6.98. The van der Waals surface area contributed by atoms with Gasteiger partial charge in [-0.2, -0.15) is 0 Å². The van der Waals surface area contributed by atoms with E-state index >= 15 is 0 Å². The van der Waals surface area contributed by atoms with E-state index in [0.717, 1.165) is 31.5 Å². The van der Waals surface area contributed by atoms with Gasteiger partial charge in [0, 0.05) is 25.2 Å². The van der Waals surface area contributed by atoms with Crippen molar-refractivity contribution >= 4 is 29.0 Å². The highest BCUT2D eigenvalue weighted by Crippen LogP contribution is 2.33. The maximum atomic E-state index is 12.7. The van der Waals surface area contributed by atoms with E-state index in [-0.39, 0.29) is 17.9 Å². The van der Waals surface area contributed by atoms with Crippen LogP contribution in [0.25, 0.3) is 5.57 Å². The summed E-state index contributed by atoms with van der Waals surface area (Å²) in [6, 6.07) is 7.34. The smallest absolute Gasteiger partial charge is 0.277 e. The SMILES string of the molecule is CN1CCC(N(C)C2=C(c3ccc(Cl)cc3)C(=O)N(C)C2=O)CC1. The summed E-state index contributed by atoms with van der Waals surface area (Å²) in [5, 5.41) is 0.606. The van der Waals surface area contributed by atoms with Gasteiger partial charge in [0.25, 0.3) is 11.8 Å². The first kappa shape index (κ1) is 17.0. The Balaban J connectivity index is 2.00. The normalized spacial score (nSPS) is 20.2. The molecule has 0 atom stereocenters. The Bertz CT molecular complexity index is 691. The van der Waals surface area contributed by atoms with Gasteiger partial charge in [0.1, 0.15) is 5.70 Å².